The van der Waals surface area contributed by atoms with Gasteiger partial charge >= 0.3 is 0 Å². The van der Waals surface area contributed by atoms with E-state index in [-0.39, 0.29) is 11.8 Å². The first-order chi connectivity index (χ1) is 10.0. The highest BCUT2D eigenvalue weighted by molar-refractivity contribution is 6.30. The summed E-state index contributed by atoms with van der Waals surface area (Å²) in [7, 11) is 1.82. The summed E-state index contributed by atoms with van der Waals surface area (Å²) < 4.78 is 0. The number of carbonyl (C=O) groups is 1. The summed E-state index contributed by atoms with van der Waals surface area (Å²) in [6, 6.07) is 5.79. The van der Waals surface area contributed by atoms with Gasteiger partial charge in [-0.3, -0.25) is 9.79 Å². The van der Waals surface area contributed by atoms with Crippen molar-refractivity contribution < 1.29 is 4.79 Å². The molecular formula is C17H21ClN2O. The Labute approximate surface area is 131 Å². The van der Waals surface area contributed by atoms with Crippen LogP contribution in [0.15, 0.2) is 35.0 Å². The highest BCUT2D eigenvalue weighted by Gasteiger charge is 2.17. The van der Waals surface area contributed by atoms with Crippen LogP contribution in [0.25, 0.3) is 0 Å². The van der Waals surface area contributed by atoms with E-state index in [9.17, 15) is 4.79 Å². The Kier molecular flexibility index (Phi) is 5.32. The molecule has 0 saturated carbocycles. The van der Waals surface area contributed by atoms with Gasteiger partial charge in [0.25, 0.3) is 0 Å². The third-order valence-electron chi connectivity index (χ3n) is 3.89. The summed E-state index contributed by atoms with van der Waals surface area (Å²) in [4.78, 5) is 16.1. The number of Topliss-reactive ketones (excluding diaryl/α,β-unsaturated/α-hetero) is 1. The minimum Gasteiger partial charge on any atom is -0.310 e. The van der Waals surface area contributed by atoms with E-state index in [2.05, 4.69) is 17.2 Å². The van der Waals surface area contributed by atoms with E-state index in [1.54, 1.807) is 6.92 Å². The summed E-state index contributed by atoms with van der Waals surface area (Å²) >= 11 is 5.99. The molecule has 0 amide bonds. The summed E-state index contributed by atoms with van der Waals surface area (Å²) in [5.74, 6) is 0.168. The average molecular weight is 305 g/mol. The van der Waals surface area contributed by atoms with Gasteiger partial charge in [-0.1, -0.05) is 17.7 Å². The fourth-order valence-electron chi connectivity index (χ4n) is 2.60. The maximum absolute atomic E-state index is 11.5. The van der Waals surface area contributed by atoms with Crippen molar-refractivity contribution in [1.29, 1.82) is 0 Å². The van der Waals surface area contributed by atoms with Crippen LogP contribution < -0.4 is 5.32 Å². The number of halogens is 1. The zero-order chi connectivity index (χ0) is 15.4. The number of nitrogens with zero attached hydrogens (tertiary/aromatic N) is 1. The van der Waals surface area contributed by atoms with E-state index in [4.69, 9.17) is 11.6 Å². The van der Waals surface area contributed by atoms with E-state index < -0.39 is 0 Å². The lowest BCUT2D eigenvalue weighted by Gasteiger charge is -2.19. The highest BCUT2D eigenvalue weighted by Crippen LogP contribution is 2.24. The number of benzene rings is 1. The number of aliphatic imine (C=N–C) groups is 1. The smallest absolute Gasteiger partial charge is 0.146 e. The second kappa shape index (κ2) is 7.01. The Morgan fingerprint density at radius 3 is 2.71 bits per heavy atom. The highest BCUT2D eigenvalue weighted by atomic mass is 35.5. The van der Waals surface area contributed by atoms with Crippen molar-refractivity contribution >= 4 is 23.1 Å². The third kappa shape index (κ3) is 4.02. The van der Waals surface area contributed by atoms with Gasteiger partial charge < -0.3 is 5.32 Å². The summed E-state index contributed by atoms with van der Waals surface area (Å²) in [6.07, 6.45) is 4.51. The molecule has 0 aliphatic carbocycles. The van der Waals surface area contributed by atoms with E-state index >= 15 is 0 Å². The molecule has 3 nitrogen and oxygen atoms in total. The number of hydrogen-bond donors (Lipinski definition) is 1. The van der Waals surface area contributed by atoms with Crippen molar-refractivity contribution in [2.24, 2.45) is 4.99 Å². The molecule has 1 N–H and O–H groups in total. The largest absolute Gasteiger partial charge is 0.310 e. The van der Waals surface area contributed by atoms with Crippen LogP contribution in [0.5, 0.6) is 0 Å². The van der Waals surface area contributed by atoms with Crippen LogP contribution in [-0.4, -0.2) is 24.6 Å². The molecule has 0 spiro atoms. The van der Waals surface area contributed by atoms with E-state index in [1.165, 1.54) is 5.57 Å². The van der Waals surface area contributed by atoms with Gasteiger partial charge in [-0.05, 0) is 69.0 Å². The van der Waals surface area contributed by atoms with Crippen LogP contribution in [-0.2, 0) is 4.79 Å². The minimum atomic E-state index is -0.106. The monoisotopic (exact) mass is 304 g/mol. The molecule has 0 saturated heterocycles. The number of hydrogen-bond acceptors (Lipinski definition) is 3. The molecular weight excluding hydrogens is 284 g/mol. The second-order valence-electron chi connectivity index (χ2n) is 5.48. The maximum atomic E-state index is 11.5. The molecule has 1 aliphatic rings. The average Bonchev–Trinajstić information content (AvgIpc) is 2.45. The Hall–Kier alpha value is -1.45. The van der Waals surface area contributed by atoms with Crippen molar-refractivity contribution in [3.63, 3.8) is 0 Å². The Morgan fingerprint density at radius 1 is 1.43 bits per heavy atom. The van der Waals surface area contributed by atoms with Crippen LogP contribution in [0, 0.1) is 6.92 Å². The number of carbonyl (C=O) groups excluding carboxylic acids is 1. The fraction of sp³-hybridized carbons (Fsp3) is 0.412. The van der Waals surface area contributed by atoms with E-state index in [0.29, 0.717) is 0 Å². The van der Waals surface area contributed by atoms with Crippen LogP contribution >= 0.6 is 11.6 Å². The molecule has 0 fully saturated rings. The second-order valence-corrected chi connectivity index (χ2v) is 5.91. The number of aryl methyl sites for hydroxylation is 1. The zero-order valence-corrected chi connectivity index (χ0v) is 13.5. The van der Waals surface area contributed by atoms with Gasteiger partial charge in [0, 0.05) is 16.9 Å². The molecule has 1 aromatic rings. The standard InChI is InChI=1S/C17H21ClN2O/c1-11-8-14(18)5-6-15(11)16-7-4-13(10-20-16)9-17(19-3)12(2)21/h5-6,8,10,17,19H,4,7,9H2,1-3H3/t17-/m0/s1. The summed E-state index contributed by atoms with van der Waals surface area (Å²) in [6.45, 7) is 3.67. The molecule has 2 rings (SSSR count). The zero-order valence-electron chi connectivity index (χ0n) is 12.7. The Morgan fingerprint density at radius 2 is 2.19 bits per heavy atom. The molecule has 112 valence electrons. The van der Waals surface area contributed by atoms with Crippen molar-refractivity contribution in [2.45, 2.75) is 39.2 Å². The van der Waals surface area contributed by atoms with Crippen LogP contribution in [0.4, 0.5) is 0 Å². The first kappa shape index (κ1) is 15.9. The van der Waals surface area contributed by atoms with Crippen LogP contribution in [0.1, 0.15) is 37.3 Å². The SMILES string of the molecule is CN[C@@H](CC1=CN=C(c2ccc(Cl)cc2C)CC1)C(C)=O. The van der Waals surface area contributed by atoms with Crippen LogP contribution in [0.3, 0.4) is 0 Å². The normalized spacial score (nSPS) is 16.2. The van der Waals surface area contributed by atoms with Crippen molar-refractivity contribution in [3.8, 4) is 0 Å². The van der Waals surface area contributed by atoms with E-state index in [0.717, 1.165) is 41.1 Å². The molecule has 0 aromatic heterocycles. The number of rotatable bonds is 5. The van der Waals surface area contributed by atoms with Gasteiger partial charge in [-0.2, -0.15) is 0 Å². The predicted molar refractivity (Wildman–Crippen MR) is 88.2 cm³/mol. The molecule has 1 atom stereocenters. The molecule has 1 heterocycles. The Balaban J connectivity index is 2.14. The summed E-state index contributed by atoms with van der Waals surface area (Å²) in [5, 5.41) is 3.81. The molecule has 1 aliphatic heterocycles. The van der Waals surface area contributed by atoms with Gasteiger partial charge in [0.15, 0.2) is 0 Å². The number of likely N-dealkylation sites (N-methyl/N-ethyl adjacent to an activating group) is 1. The maximum Gasteiger partial charge on any atom is 0.146 e. The molecule has 0 bridgehead atoms. The molecule has 4 heteroatoms. The van der Waals surface area contributed by atoms with Crippen LogP contribution in [0.2, 0.25) is 5.02 Å². The van der Waals surface area contributed by atoms with Gasteiger partial charge in [0.2, 0.25) is 0 Å². The van der Waals surface area contributed by atoms with Gasteiger partial charge in [0.1, 0.15) is 5.78 Å². The number of nitrogens with one attached hydrogen (secondary N) is 1. The van der Waals surface area contributed by atoms with Crippen molar-refractivity contribution in [1.82, 2.24) is 5.32 Å². The number of ketones is 1. The fourth-order valence-corrected chi connectivity index (χ4v) is 2.83. The predicted octanol–water partition coefficient (Wildman–Crippen LogP) is 3.68. The third-order valence-corrected chi connectivity index (χ3v) is 4.13. The Bertz CT molecular complexity index is 605. The molecule has 0 unspecified atom stereocenters. The lowest BCUT2D eigenvalue weighted by Crippen LogP contribution is -2.32. The minimum absolute atomic E-state index is 0.106. The van der Waals surface area contributed by atoms with Gasteiger partial charge in [-0.25, -0.2) is 0 Å². The molecule has 1 aromatic carbocycles. The van der Waals surface area contributed by atoms with E-state index in [1.807, 2.05) is 31.4 Å². The van der Waals surface area contributed by atoms with Gasteiger partial charge in [-0.15, -0.1) is 0 Å². The first-order valence-corrected chi connectivity index (χ1v) is 7.58. The quantitative estimate of drug-likeness (QED) is 0.901. The summed E-state index contributed by atoms with van der Waals surface area (Å²) in [5.41, 5.74) is 4.62. The van der Waals surface area contributed by atoms with Gasteiger partial charge in [0.05, 0.1) is 6.04 Å². The molecule has 21 heavy (non-hydrogen) atoms. The lowest BCUT2D eigenvalue weighted by molar-refractivity contribution is -0.118. The van der Waals surface area contributed by atoms with Crippen molar-refractivity contribution in [2.75, 3.05) is 7.05 Å². The van der Waals surface area contributed by atoms with Crippen molar-refractivity contribution in [3.05, 3.63) is 46.1 Å². The topological polar surface area (TPSA) is 41.5 Å². The molecule has 0 radical (unpaired) electrons. The lowest BCUT2D eigenvalue weighted by atomic mass is 9.93. The first-order valence-electron chi connectivity index (χ1n) is 7.20.